The number of hydrogen-bond donors (Lipinski definition) is 0. The molecule has 20 heavy (non-hydrogen) atoms. The standard InChI is InChI=1S/C14H22N4O2/c1-10(2)18-9-12(5-13(18)19)14(20)16(3)7-11-6-15-17(4)8-11/h6,8,10,12H,5,7,9H2,1-4H3/t12-/m1/s1. The summed E-state index contributed by atoms with van der Waals surface area (Å²) < 4.78 is 1.72. The zero-order valence-electron chi connectivity index (χ0n) is 12.5. The van der Waals surface area contributed by atoms with E-state index in [1.54, 1.807) is 27.7 Å². The van der Waals surface area contributed by atoms with Gasteiger partial charge in [-0.1, -0.05) is 0 Å². The lowest BCUT2D eigenvalue weighted by Crippen LogP contribution is -2.36. The van der Waals surface area contributed by atoms with Crippen LogP contribution in [0.25, 0.3) is 0 Å². The van der Waals surface area contributed by atoms with Crippen LogP contribution in [0.2, 0.25) is 0 Å². The van der Waals surface area contributed by atoms with Gasteiger partial charge in [-0.25, -0.2) is 0 Å². The summed E-state index contributed by atoms with van der Waals surface area (Å²) in [6.45, 7) is 5.01. The van der Waals surface area contributed by atoms with Crippen molar-refractivity contribution in [1.29, 1.82) is 0 Å². The van der Waals surface area contributed by atoms with Gasteiger partial charge in [0.15, 0.2) is 0 Å². The maximum Gasteiger partial charge on any atom is 0.228 e. The van der Waals surface area contributed by atoms with Crippen LogP contribution >= 0.6 is 0 Å². The van der Waals surface area contributed by atoms with Gasteiger partial charge in [0.25, 0.3) is 0 Å². The Balaban J connectivity index is 1.96. The summed E-state index contributed by atoms with van der Waals surface area (Å²) >= 11 is 0. The summed E-state index contributed by atoms with van der Waals surface area (Å²) in [5.41, 5.74) is 0.994. The number of rotatable bonds is 4. The highest BCUT2D eigenvalue weighted by Gasteiger charge is 2.36. The largest absolute Gasteiger partial charge is 0.341 e. The molecule has 0 unspecified atom stereocenters. The zero-order chi connectivity index (χ0) is 14.9. The molecular weight excluding hydrogens is 256 g/mol. The Morgan fingerprint density at radius 3 is 2.75 bits per heavy atom. The third-order valence-electron chi connectivity index (χ3n) is 3.69. The minimum absolute atomic E-state index is 0.0327. The van der Waals surface area contributed by atoms with Gasteiger partial charge < -0.3 is 9.80 Å². The van der Waals surface area contributed by atoms with E-state index in [9.17, 15) is 9.59 Å². The zero-order valence-corrected chi connectivity index (χ0v) is 12.5. The SMILES string of the molecule is CC(C)N1C[C@H](C(=O)N(C)Cc2cnn(C)c2)CC1=O. The molecule has 0 N–H and O–H groups in total. The summed E-state index contributed by atoms with van der Waals surface area (Å²) in [6, 6.07) is 0.156. The van der Waals surface area contributed by atoms with Crippen LogP contribution in [0.1, 0.15) is 25.8 Å². The number of carbonyl (C=O) groups is 2. The number of aromatic nitrogens is 2. The highest BCUT2D eigenvalue weighted by atomic mass is 16.2. The average Bonchev–Trinajstić information content (AvgIpc) is 2.94. The first-order valence-corrected chi connectivity index (χ1v) is 6.90. The summed E-state index contributed by atoms with van der Waals surface area (Å²) in [6.07, 6.45) is 3.97. The maximum atomic E-state index is 12.4. The van der Waals surface area contributed by atoms with Crippen molar-refractivity contribution < 1.29 is 9.59 Å². The fraction of sp³-hybridized carbons (Fsp3) is 0.643. The van der Waals surface area contributed by atoms with E-state index in [1.165, 1.54) is 0 Å². The van der Waals surface area contributed by atoms with Gasteiger partial charge in [0.1, 0.15) is 0 Å². The number of aryl methyl sites for hydroxylation is 1. The molecule has 0 bridgehead atoms. The smallest absolute Gasteiger partial charge is 0.228 e. The Hall–Kier alpha value is -1.85. The molecule has 2 heterocycles. The molecule has 1 aromatic rings. The van der Waals surface area contributed by atoms with Crippen molar-refractivity contribution in [2.75, 3.05) is 13.6 Å². The summed E-state index contributed by atoms with van der Waals surface area (Å²) in [5, 5.41) is 4.09. The molecular formula is C14H22N4O2. The maximum absolute atomic E-state index is 12.4. The second kappa shape index (κ2) is 5.64. The molecule has 1 aliphatic heterocycles. The highest BCUT2D eigenvalue weighted by Crippen LogP contribution is 2.22. The summed E-state index contributed by atoms with van der Waals surface area (Å²) in [4.78, 5) is 27.7. The van der Waals surface area contributed by atoms with Crippen LogP contribution in [0.4, 0.5) is 0 Å². The quantitative estimate of drug-likeness (QED) is 0.812. The van der Waals surface area contributed by atoms with Gasteiger partial charge in [0, 0.05) is 51.4 Å². The fourth-order valence-corrected chi connectivity index (χ4v) is 2.61. The van der Waals surface area contributed by atoms with E-state index in [0.29, 0.717) is 19.5 Å². The molecule has 0 spiro atoms. The fourth-order valence-electron chi connectivity index (χ4n) is 2.61. The van der Waals surface area contributed by atoms with E-state index in [0.717, 1.165) is 5.56 Å². The number of nitrogens with zero attached hydrogens (tertiary/aromatic N) is 4. The van der Waals surface area contributed by atoms with E-state index in [2.05, 4.69) is 5.10 Å². The van der Waals surface area contributed by atoms with E-state index >= 15 is 0 Å². The van der Waals surface area contributed by atoms with Crippen LogP contribution in [-0.4, -0.2) is 51.0 Å². The van der Waals surface area contributed by atoms with Crippen LogP contribution in [0.3, 0.4) is 0 Å². The van der Waals surface area contributed by atoms with Crippen LogP contribution in [0.15, 0.2) is 12.4 Å². The summed E-state index contributed by atoms with van der Waals surface area (Å²) in [7, 11) is 3.62. The Kier molecular flexibility index (Phi) is 4.11. The van der Waals surface area contributed by atoms with Crippen molar-refractivity contribution in [2.24, 2.45) is 13.0 Å². The van der Waals surface area contributed by atoms with Crippen LogP contribution in [0.5, 0.6) is 0 Å². The lowest BCUT2D eigenvalue weighted by molar-refractivity contribution is -0.135. The number of hydrogen-bond acceptors (Lipinski definition) is 3. The summed E-state index contributed by atoms with van der Waals surface area (Å²) in [5.74, 6) is -0.106. The first-order chi connectivity index (χ1) is 9.38. The molecule has 1 aliphatic rings. The average molecular weight is 278 g/mol. The van der Waals surface area contributed by atoms with E-state index in [1.807, 2.05) is 27.1 Å². The molecule has 110 valence electrons. The van der Waals surface area contributed by atoms with Gasteiger partial charge in [0.05, 0.1) is 12.1 Å². The molecule has 1 fully saturated rings. The molecule has 0 saturated carbocycles. The molecule has 0 aliphatic carbocycles. The second-order valence-electron chi connectivity index (χ2n) is 5.76. The number of carbonyl (C=O) groups excluding carboxylic acids is 2. The van der Waals surface area contributed by atoms with Gasteiger partial charge in [-0.15, -0.1) is 0 Å². The van der Waals surface area contributed by atoms with Gasteiger partial charge in [0.2, 0.25) is 11.8 Å². The van der Waals surface area contributed by atoms with Crippen molar-refractivity contribution in [3.63, 3.8) is 0 Å². The van der Waals surface area contributed by atoms with Crippen molar-refractivity contribution in [1.82, 2.24) is 19.6 Å². The normalized spacial score (nSPS) is 18.9. The Bertz CT molecular complexity index is 509. The molecule has 0 radical (unpaired) electrons. The van der Waals surface area contributed by atoms with Crippen LogP contribution in [0, 0.1) is 5.92 Å². The predicted octanol–water partition coefficient (Wildman–Crippen LogP) is 0.635. The number of likely N-dealkylation sites (tertiary alicyclic amines) is 1. The monoisotopic (exact) mass is 278 g/mol. The van der Waals surface area contributed by atoms with Crippen molar-refractivity contribution >= 4 is 11.8 Å². The first-order valence-electron chi connectivity index (χ1n) is 6.90. The predicted molar refractivity (Wildman–Crippen MR) is 74.6 cm³/mol. The van der Waals surface area contributed by atoms with Crippen molar-refractivity contribution in [3.8, 4) is 0 Å². The first kappa shape index (κ1) is 14.6. The third kappa shape index (κ3) is 3.00. The minimum Gasteiger partial charge on any atom is -0.341 e. The lowest BCUT2D eigenvalue weighted by Gasteiger charge is -2.23. The Morgan fingerprint density at radius 2 is 2.25 bits per heavy atom. The van der Waals surface area contributed by atoms with E-state index < -0.39 is 0 Å². The van der Waals surface area contributed by atoms with E-state index in [4.69, 9.17) is 0 Å². The molecule has 2 amide bonds. The lowest BCUT2D eigenvalue weighted by atomic mass is 10.1. The van der Waals surface area contributed by atoms with Crippen LogP contribution < -0.4 is 0 Å². The molecule has 1 atom stereocenters. The van der Waals surface area contributed by atoms with Gasteiger partial charge >= 0.3 is 0 Å². The van der Waals surface area contributed by atoms with Gasteiger partial charge in [-0.2, -0.15) is 5.10 Å². The second-order valence-corrected chi connectivity index (χ2v) is 5.76. The van der Waals surface area contributed by atoms with E-state index in [-0.39, 0.29) is 23.8 Å². The van der Waals surface area contributed by atoms with Gasteiger partial charge in [-0.3, -0.25) is 14.3 Å². The highest BCUT2D eigenvalue weighted by molar-refractivity contribution is 5.89. The molecule has 6 nitrogen and oxygen atoms in total. The molecule has 1 aromatic heterocycles. The topological polar surface area (TPSA) is 58.4 Å². The van der Waals surface area contributed by atoms with Crippen molar-refractivity contribution in [3.05, 3.63) is 18.0 Å². The Morgan fingerprint density at radius 1 is 1.55 bits per heavy atom. The Labute approximate surface area is 119 Å². The number of amides is 2. The minimum atomic E-state index is -0.216. The molecule has 0 aromatic carbocycles. The van der Waals surface area contributed by atoms with Crippen molar-refractivity contribution in [2.45, 2.75) is 32.9 Å². The van der Waals surface area contributed by atoms with Crippen LogP contribution in [-0.2, 0) is 23.2 Å². The molecule has 2 rings (SSSR count). The van der Waals surface area contributed by atoms with Gasteiger partial charge in [-0.05, 0) is 13.8 Å². The third-order valence-corrected chi connectivity index (χ3v) is 3.69. The molecule has 1 saturated heterocycles. The molecule has 6 heteroatoms.